The molecule has 0 spiro atoms. The summed E-state index contributed by atoms with van der Waals surface area (Å²) in [6.07, 6.45) is 0.649. The highest BCUT2D eigenvalue weighted by atomic mass is 79.9. The number of hydrogen-bond acceptors (Lipinski definition) is 0. The second-order valence-corrected chi connectivity index (χ2v) is 5.86. The molecule has 0 unspecified atom stereocenters. The number of alkyl halides is 2. The Bertz CT molecular complexity index is 353. The van der Waals surface area contributed by atoms with E-state index in [4.69, 9.17) is 0 Å². The van der Waals surface area contributed by atoms with E-state index in [0.29, 0.717) is 17.9 Å². The maximum Gasteiger partial charge on any atom is 0.126 e. The third-order valence-electron chi connectivity index (χ3n) is 3.24. The van der Waals surface area contributed by atoms with E-state index < -0.39 is 11.6 Å². The van der Waals surface area contributed by atoms with Gasteiger partial charge < -0.3 is 0 Å². The van der Waals surface area contributed by atoms with Crippen molar-refractivity contribution in [3.8, 4) is 0 Å². The van der Waals surface area contributed by atoms with Crippen LogP contribution in [0.2, 0.25) is 0 Å². The van der Waals surface area contributed by atoms with Crippen LogP contribution in [0.3, 0.4) is 0 Å². The zero-order chi connectivity index (χ0) is 13.1. The highest BCUT2D eigenvalue weighted by molar-refractivity contribution is 9.09. The molecule has 0 amide bonds. The minimum Gasteiger partial charge on any atom is -0.207 e. The number of benzene rings is 1. The minimum absolute atomic E-state index is 0.0275. The smallest absolute Gasteiger partial charge is 0.126 e. The number of rotatable bonds is 5. The van der Waals surface area contributed by atoms with Gasteiger partial charge in [-0.2, -0.15) is 0 Å². The van der Waals surface area contributed by atoms with Crippen LogP contribution in [0, 0.1) is 23.0 Å². The van der Waals surface area contributed by atoms with E-state index in [2.05, 4.69) is 45.7 Å². The Kier molecular flexibility index (Phi) is 5.58. The average molecular weight is 370 g/mol. The second-order valence-electron chi connectivity index (χ2n) is 4.74. The maximum atomic E-state index is 13.1. The summed E-state index contributed by atoms with van der Waals surface area (Å²) in [5, 5.41) is 1.59. The van der Waals surface area contributed by atoms with E-state index in [1.165, 1.54) is 12.1 Å². The second kappa shape index (κ2) is 6.28. The van der Waals surface area contributed by atoms with E-state index in [9.17, 15) is 8.78 Å². The van der Waals surface area contributed by atoms with Crippen molar-refractivity contribution >= 4 is 31.9 Å². The molecule has 0 heterocycles. The summed E-state index contributed by atoms with van der Waals surface area (Å²) in [4.78, 5) is 0. The van der Waals surface area contributed by atoms with Gasteiger partial charge in [-0.05, 0) is 35.4 Å². The molecule has 0 atom stereocenters. The monoisotopic (exact) mass is 368 g/mol. The Labute approximate surface area is 118 Å². The predicted molar refractivity (Wildman–Crippen MR) is 74.9 cm³/mol. The first-order valence-electron chi connectivity index (χ1n) is 5.50. The van der Waals surface area contributed by atoms with Crippen LogP contribution in [-0.2, 0) is 6.42 Å². The fourth-order valence-corrected chi connectivity index (χ4v) is 4.38. The van der Waals surface area contributed by atoms with Crippen LogP contribution in [-0.4, -0.2) is 10.7 Å². The molecule has 17 heavy (non-hydrogen) atoms. The quantitative estimate of drug-likeness (QED) is 0.645. The van der Waals surface area contributed by atoms with Gasteiger partial charge in [0.25, 0.3) is 0 Å². The lowest BCUT2D eigenvalue weighted by Crippen LogP contribution is -2.33. The van der Waals surface area contributed by atoms with Crippen molar-refractivity contribution in [2.45, 2.75) is 20.3 Å². The predicted octanol–water partition coefficient (Wildman–Crippen LogP) is 4.94. The SMILES string of the molecule is CC(C)C(CBr)(CBr)Cc1cc(F)cc(F)c1. The van der Waals surface area contributed by atoms with Gasteiger partial charge in [0.05, 0.1) is 0 Å². The molecule has 96 valence electrons. The molecule has 0 bridgehead atoms. The van der Waals surface area contributed by atoms with Crippen LogP contribution in [0.5, 0.6) is 0 Å². The van der Waals surface area contributed by atoms with E-state index in [-0.39, 0.29) is 5.41 Å². The van der Waals surface area contributed by atoms with Crippen molar-refractivity contribution in [2.75, 3.05) is 10.7 Å². The first kappa shape index (κ1) is 15.1. The summed E-state index contributed by atoms with van der Waals surface area (Å²) >= 11 is 7.02. The summed E-state index contributed by atoms with van der Waals surface area (Å²) in [6.45, 7) is 4.25. The summed E-state index contributed by atoms with van der Waals surface area (Å²) < 4.78 is 26.3. The van der Waals surface area contributed by atoms with Crippen LogP contribution < -0.4 is 0 Å². The Morgan fingerprint density at radius 3 is 1.88 bits per heavy atom. The van der Waals surface area contributed by atoms with E-state index >= 15 is 0 Å². The van der Waals surface area contributed by atoms with Crippen LogP contribution in [0.25, 0.3) is 0 Å². The van der Waals surface area contributed by atoms with Gasteiger partial charge in [0.15, 0.2) is 0 Å². The van der Waals surface area contributed by atoms with Gasteiger partial charge in [0.1, 0.15) is 11.6 Å². The Balaban J connectivity index is 3.01. The Hall–Kier alpha value is 0.0400. The topological polar surface area (TPSA) is 0 Å². The minimum atomic E-state index is -0.512. The first-order valence-corrected chi connectivity index (χ1v) is 7.75. The molecule has 0 aliphatic carbocycles. The highest BCUT2D eigenvalue weighted by Crippen LogP contribution is 2.36. The van der Waals surface area contributed by atoms with Crippen LogP contribution in [0.1, 0.15) is 19.4 Å². The number of halogens is 4. The zero-order valence-electron chi connectivity index (χ0n) is 9.94. The standard InChI is InChI=1S/C13H16Br2F2/c1-9(2)13(7-14,8-15)6-10-3-11(16)5-12(17)4-10/h3-5,9H,6-8H2,1-2H3. The molecule has 0 radical (unpaired) electrons. The molecule has 1 rings (SSSR count). The molecule has 4 heteroatoms. The van der Waals surface area contributed by atoms with Gasteiger partial charge in [-0.25, -0.2) is 8.78 Å². The normalized spacial score (nSPS) is 12.2. The average Bonchev–Trinajstić information content (AvgIpc) is 2.24. The lowest BCUT2D eigenvalue weighted by molar-refractivity contribution is 0.267. The summed E-state index contributed by atoms with van der Waals surface area (Å²) in [6, 6.07) is 3.72. The van der Waals surface area contributed by atoms with Crippen LogP contribution in [0.4, 0.5) is 8.78 Å². The van der Waals surface area contributed by atoms with Gasteiger partial charge in [-0.3, -0.25) is 0 Å². The van der Waals surface area contributed by atoms with Crippen molar-refractivity contribution in [3.63, 3.8) is 0 Å². The van der Waals surface area contributed by atoms with Crippen molar-refractivity contribution in [1.29, 1.82) is 0 Å². The maximum absolute atomic E-state index is 13.1. The van der Waals surface area contributed by atoms with E-state index in [1.54, 1.807) is 0 Å². The van der Waals surface area contributed by atoms with Gasteiger partial charge in [-0.15, -0.1) is 0 Å². The van der Waals surface area contributed by atoms with Crippen molar-refractivity contribution in [3.05, 3.63) is 35.4 Å². The van der Waals surface area contributed by atoms with Gasteiger partial charge in [-0.1, -0.05) is 45.7 Å². The molecule has 0 aliphatic rings. The summed E-state index contributed by atoms with van der Waals surface area (Å²) in [7, 11) is 0. The van der Waals surface area contributed by atoms with Crippen LogP contribution in [0.15, 0.2) is 18.2 Å². The molecule has 0 fully saturated rings. The molecule has 1 aromatic rings. The largest absolute Gasteiger partial charge is 0.207 e. The van der Waals surface area contributed by atoms with E-state index in [0.717, 1.165) is 16.7 Å². The summed E-state index contributed by atoms with van der Waals surface area (Å²) in [5.74, 6) is -0.615. The Morgan fingerprint density at radius 2 is 1.53 bits per heavy atom. The van der Waals surface area contributed by atoms with Gasteiger partial charge >= 0.3 is 0 Å². The molecular formula is C13H16Br2F2. The molecule has 0 saturated heterocycles. The van der Waals surface area contributed by atoms with E-state index in [1.807, 2.05) is 0 Å². The third kappa shape index (κ3) is 3.75. The molecular weight excluding hydrogens is 354 g/mol. The summed E-state index contributed by atoms with van der Waals surface area (Å²) in [5.41, 5.74) is 0.676. The fourth-order valence-electron chi connectivity index (χ4n) is 1.76. The molecule has 0 saturated carbocycles. The highest BCUT2D eigenvalue weighted by Gasteiger charge is 2.32. The van der Waals surface area contributed by atoms with Crippen molar-refractivity contribution in [2.24, 2.45) is 11.3 Å². The van der Waals surface area contributed by atoms with Gasteiger partial charge in [0.2, 0.25) is 0 Å². The van der Waals surface area contributed by atoms with Crippen molar-refractivity contribution < 1.29 is 8.78 Å². The third-order valence-corrected chi connectivity index (χ3v) is 5.47. The molecule has 0 aromatic heterocycles. The fraction of sp³-hybridized carbons (Fsp3) is 0.538. The zero-order valence-corrected chi connectivity index (χ0v) is 13.1. The molecule has 0 nitrogen and oxygen atoms in total. The lowest BCUT2D eigenvalue weighted by atomic mass is 9.76. The molecule has 0 N–H and O–H groups in total. The lowest BCUT2D eigenvalue weighted by Gasteiger charge is -2.34. The molecule has 0 aliphatic heterocycles. The Morgan fingerprint density at radius 1 is 1.06 bits per heavy atom. The van der Waals surface area contributed by atoms with Gasteiger partial charge in [0, 0.05) is 16.7 Å². The molecule has 1 aromatic carbocycles. The number of hydrogen-bond donors (Lipinski definition) is 0. The van der Waals surface area contributed by atoms with Crippen molar-refractivity contribution in [1.82, 2.24) is 0 Å². The first-order chi connectivity index (χ1) is 7.93. The van der Waals surface area contributed by atoms with Crippen LogP contribution >= 0.6 is 31.9 Å².